The van der Waals surface area contributed by atoms with Crippen LogP contribution in [0.1, 0.15) is 30.9 Å². The first-order chi connectivity index (χ1) is 12.1. The lowest BCUT2D eigenvalue weighted by atomic mass is 9.97. The monoisotopic (exact) mass is 373 g/mol. The van der Waals surface area contributed by atoms with Crippen molar-refractivity contribution in [3.63, 3.8) is 0 Å². The van der Waals surface area contributed by atoms with Crippen LogP contribution in [0.5, 0.6) is 11.5 Å². The van der Waals surface area contributed by atoms with Crippen LogP contribution >= 0.6 is 11.6 Å². The molecule has 7 heteroatoms. The van der Waals surface area contributed by atoms with Crippen molar-refractivity contribution in [2.24, 2.45) is 5.73 Å². The number of primary amides is 1. The van der Waals surface area contributed by atoms with Crippen LogP contribution in [0.4, 0.5) is 5.69 Å². The van der Waals surface area contributed by atoms with Crippen LogP contribution in [-0.4, -0.2) is 22.0 Å². The lowest BCUT2D eigenvalue weighted by molar-refractivity contribution is -0.112. The number of amidine groups is 1. The summed E-state index contributed by atoms with van der Waals surface area (Å²) in [4.78, 5) is 12.8. The van der Waals surface area contributed by atoms with Gasteiger partial charge in [0.1, 0.15) is 11.5 Å². The van der Waals surface area contributed by atoms with Crippen LogP contribution in [0.25, 0.3) is 5.70 Å². The van der Waals surface area contributed by atoms with E-state index in [9.17, 15) is 15.0 Å². The molecular weight excluding hydrogens is 354 g/mol. The van der Waals surface area contributed by atoms with Gasteiger partial charge in [0.15, 0.2) is 5.84 Å². The van der Waals surface area contributed by atoms with Gasteiger partial charge in [-0.3, -0.25) is 15.1 Å². The second kappa shape index (κ2) is 7.49. The Kier molecular flexibility index (Phi) is 5.57. The van der Waals surface area contributed by atoms with Crippen LogP contribution in [0.2, 0.25) is 5.02 Å². The molecular formula is C19H20ClN3O3. The van der Waals surface area contributed by atoms with Crippen molar-refractivity contribution in [2.45, 2.75) is 19.8 Å². The van der Waals surface area contributed by atoms with E-state index >= 15 is 0 Å². The molecule has 5 N–H and O–H groups in total. The zero-order chi connectivity index (χ0) is 19.6. The molecule has 0 unspecified atom stereocenters. The summed E-state index contributed by atoms with van der Waals surface area (Å²) in [6, 6.07) is 9.36. The number of hydrogen-bond donors (Lipinski definition) is 4. The number of carbonyl (C=O) groups excluding carboxylic acids is 1. The van der Waals surface area contributed by atoms with E-state index in [0.29, 0.717) is 11.3 Å². The molecule has 0 saturated heterocycles. The maximum atomic E-state index is 11.6. The Morgan fingerprint density at radius 3 is 2.38 bits per heavy atom. The van der Waals surface area contributed by atoms with E-state index in [0.717, 1.165) is 0 Å². The van der Waals surface area contributed by atoms with Gasteiger partial charge in [0.25, 0.3) is 5.91 Å². The van der Waals surface area contributed by atoms with Gasteiger partial charge in [-0.05, 0) is 29.7 Å². The number of nitrogens with zero attached hydrogens (tertiary/aromatic N) is 1. The van der Waals surface area contributed by atoms with Gasteiger partial charge >= 0.3 is 0 Å². The fourth-order valence-electron chi connectivity index (χ4n) is 2.55. The highest BCUT2D eigenvalue weighted by Crippen LogP contribution is 2.39. The normalized spacial score (nSPS) is 10.6. The second-order valence-corrected chi connectivity index (χ2v) is 6.44. The number of hydrogen-bond acceptors (Lipinski definition) is 4. The summed E-state index contributed by atoms with van der Waals surface area (Å²) in [5.74, 6) is -1.85. The summed E-state index contributed by atoms with van der Waals surface area (Å²) in [5, 5.41) is 28.7. The van der Waals surface area contributed by atoms with Gasteiger partial charge in [0, 0.05) is 11.6 Å². The molecule has 2 aromatic carbocycles. The number of benzene rings is 2. The van der Waals surface area contributed by atoms with E-state index in [-0.39, 0.29) is 33.7 Å². The summed E-state index contributed by atoms with van der Waals surface area (Å²) in [5.41, 5.74) is 6.57. The second-order valence-electron chi connectivity index (χ2n) is 6.03. The van der Waals surface area contributed by atoms with Gasteiger partial charge in [-0.1, -0.05) is 44.2 Å². The lowest BCUT2D eigenvalue weighted by Gasteiger charge is -2.27. The van der Waals surface area contributed by atoms with E-state index in [1.165, 1.54) is 11.0 Å². The number of halogens is 1. The topological polar surface area (TPSA) is 111 Å². The van der Waals surface area contributed by atoms with Crippen molar-refractivity contribution in [2.75, 3.05) is 4.90 Å². The van der Waals surface area contributed by atoms with E-state index < -0.39 is 11.7 Å². The fraction of sp³-hybridized carbons (Fsp3) is 0.158. The molecule has 0 radical (unpaired) electrons. The molecule has 0 heterocycles. The Hall–Kier alpha value is -2.99. The number of nitrogens with two attached hydrogens (primary N) is 1. The van der Waals surface area contributed by atoms with E-state index in [1.54, 1.807) is 30.3 Å². The summed E-state index contributed by atoms with van der Waals surface area (Å²) in [6.07, 6.45) is 0. The van der Waals surface area contributed by atoms with Crippen molar-refractivity contribution in [1.29, 1.82) is 5.41 Å². The number of nitrogens with one attached hydrogen (secondary N) is 1. The molecule has 0 aromatic heterocycles. The summed E-state index contributed by atoms with van der Waals surface area (Å²) in [6.45, 7) is 7.68. The minimum atomic E-state index is -0.978. The minimum absolute atomic E-state index is 0.0218. The quantitative estimate of drug-likeness (QED) is 0.482. The zero-order valence-electron chi connectivity index (χ0n) is 14.5. The maximum absolute atomic E-state index is 11.6. The maximum Gasteiger partial charge on any atom is 0.284 e. The van der Waals surface area contributed by atoms with E-state index in [1.807, 2.05) is 13.8 Å². The SMILES string of the molecule is C=C(c1cc(C(C)C)c(O)cc1O)N(C(=N)C(N)=O)c1ccccc1Cl. The number of amides is 1. The summed E-state index contributed by atoms with van der Waals surface area (Å²) in [7, 11) is 0. The van der Waals surface area contributed by atoms with E-state index in [4.69, 9.17) is 22.7 Å². The van der Waals surface area contributed by atoms with Crippen LogP contribution < -0.4 is 10.6 Å². The first kappa shape index (κ1) is 19.3. The first-order valence-corrected chi connectivity index (χ1v) is 8.21. The number of phenols is 2. The molecule has 2 rings (SSSR count). The third-order valence-electron chi connectivity index (χ3n) is 3.90. The molecule has 1 amide bonds. The third kappa shape index (κ3) is 3.65. The van der Waals surface area contributed by atoms with Gasteiger partial charge < -0.3 is 15.9 Å². The molecule has 6 nitrogen and oxygen atoms in total. The molecule has 136 valence electrons. The molecule has 0 spiro atoms. The molecule has 26 heavy (non-hydrogen) atoms. The Labute approximate surface area is 156 Å². The fourth-order valence-corrected chi connectivity index (χ4v) is 2.77. The molecule has 0 aliphatic heterocycles. The highest BCUT2D eigenvalue weighted by Gasteiger charge is 2.25. The number of carbonyl (C=O) groups is 1. The van der Waals surface area contributed by atoms with Crippen molar-refractivity contribution >= 4 is 34.7 Å². The third-order valence-corrected chi connectivity index (χ3v) is 4.22. The molecule has 0 fully saturated rings. The largest absolute Gasteiger partial charge is 0.508 e. The van der Waals surface area contributed by atoms with Crippen LogP contribution in [0.15, 0.2) is 43.0 Å². The number of aromatic hydroxyl groups is 2. The van der Waals surface area contributed by atoms with Crippen molar-refractivity contribution in [3.05, 3.63) is 59.1 Å². The average molecular weight is 374 g/mol. The van der Waals surface area contributed by atoms with Gasteiger partial charge in [-0.2, -0.15) is 0 Å². The standard InChI is InChI=1S/C19H20ClN3O3/c1-10(2)12-8-13(17(25)9-16(12)24)11(3)23(18(21)19(22)26)15-7-5-4-6-14(15)20/h4-10,21,24-25H,3H2,1-2H3,(H2,22,26). The summed E-state index contributed by atoms with van der Waals surface area (Å²) >= 11 is 6.21. The van der Waals surface area contributed by atoms with Gasteiger partial charge in [0.05, 0.1) is 16.4 Å². The highest BCUT2D eigenvalue weighted by molar-refractivity contribution is 6.45. The highest BCUT2D eigenvalue weighted by atomic mass is 35.5. The van der Waals surface area contributed by atoms with Gasteiger partial charge in [-0.25, -0.2) is 0 Å². The summed E-state index contributed by atoms with van der Waals surface area (Å²) < 4.78 is 0. The lowest BCUT2D eigenvalue weighted by Crippen LogP contribution is -2.38. The predicted molar refractivity (Wildman–Crippen MR) is 104 cm³/mol. The van der Waals surface area contributed by atoms with Gasteiger partial charge in [-0.15, -0.1) is 0 Å². The molecule has 0 bridgehead atoms. The molecule has 0 saturated carbocycles. The van der Waals surface area contributed by atoms with Crippen molar-refractivity contribution in [1.82, 2.24) is 0 Å². The van der Waals surface area contributed by atoms with Crippen molar-refractivity contribution < 1.29 is 15.0 Å². The van der Waals surface area contributed by atoms with Crippen LogP contribution in [-0.2, 0) is 4.79 Å². The Morgan fingerprint density at radius 2 is 1.85 bits per heavy atom. The Morgan fingerprint density at radius 1 is 1.23 bits per heavy atom. The van der Waals surface area contributed by atoms with Gasteiger partial charge in [0.2, 0.25) is 0 Å². The predicted octanol–water partition coefficient (Wildman–Crippen LogP) is 3.81. The molecule has 2 aromatic rings. The number of rotatable bonds is 4. The smallest absolute Gasteiger partial charge is 0.284 e. The average Bonchev–Trinajstić information content (AvgIpc) is 2.56. The molecule has 0 aliphatic rings. The Bertz CT molecular complexity index is 894. The zero-order valence-corrected chi connectivity index (χ0v) is 15.2. The molecule has 0 aliphatic carbocycles. The Balaban J connectivity index is 2.65. The van der Waals surface area contributed by atoms with Crippen LogP contribution in [0, 0.1) is 5.41 Å². The van der Waals surface area contributed by atoms with Crippen LogP contribution in [0.3, 0.4) is 0 Å². The number of anilines is 1. The number of phenolic OH excluding ortho intramolecular Hbond substituents is 2. The minimum Gasteiger partial charge on any atom is -0.508 e. The van der Waals surface area contributed by atoms with Crippen molar-refractivity contribution in [3.8, 4) is 11.5 Å². The molecule has 0 atom stereocenters. The number of para-hydroxylation sites is 1. The first-order valence-electron chi connectivity index (χ1n) is 7.83. The van der Waals surface area contributed by atoms with E-state index in [2.05, 4.69) is 6.58 Å².